The first kappa shape index (κ1) is 18.8. The summed E-state index contributed by atoms with van der Waals surface area (Å²) >= 11 is 3.44. The van der Waals surface area contributed by atoms with Crippen LogP contribution >= 0.6 is 15.9 Å². The number of benzene rings is 1. The lowest BCUT2D eigenvalue weighted by Crippen LogP contribution is -2.35. The van der Waals surface area contributed by atoms with Crippen molar-refractivity contribution in [3.8, 4) is 0 Å². The van der Waals surface area contributed by atoms with Crippen molar-refractivity contribution in [2.75, 3.05) is 27.2 Å². The number of esters is 1. The number of carbonyl (C=O) groups is 2. The highest BCUT2D eigenvalue weighted by atomic mass is 79.9. The molecule has 0 bridgehead atoms. The van der Waals surface area contributed by atoms with Crippen molar-refractivity contribution in [3.05, 3.63) is 35.9 Å². The Morgan fingerprint density at radius 1 is 1.27 bits per heavy atom. The van der Waals surface area contributed by atoms with Gasteiger partial charge in [0.2, 0.25) is 0 Å². The highest BCUT2D eigenvalue weighted by Gasteiger charge is 2.36. The second kappa shape index (κ2) is 8.44. The minimum absolute atomic E-state index is 0.0398. The molecule has 5 heteroatoms. The largest absolute Gasteiger partial charge is 0.463 e. The molecule has 0 saturated carbocycles. The number of Topliss-reactive ketones (excluding diaryl/α,β-unsaturated/α-hetero) is 1. The van der Waals surface area contributed by atoms with Crippen LogP contribution in [-0.4, -0.2) is 48.2 Å². The lowest BCUT2D eigenvalue weighted by molar-refractivity contribution is -0.146. The van der Waals surface area contributed by atoms with Crippen LogP contribution in [0.4, 0.5) is 0 Å². The number of nitrogens with zero attached hydrogens (tertiary/aromatic N) is 1. The van der Waals surface area contributed by atoms with Crippen LogP contribution in [0.3, 0.4) is 0 Å². The average molecular weight is 370 g/mol. The number of alkyl halides is 1. The maximum absolute atomic E-state index is 12.2. The van der Waals surface area contributed by atoms with Crippen LogP contribution in [0.25, 0.3) is 0 Å². The maximum atomic E-state index is 12.2. The van der Waals surface area contributed by atoms with E-state index in [1.54, 1.807) is 13.8 Å². The zero-order valence-electron chi connectivity index (χ0n) is 13.6. The van der Waals surface area contributed by atoms with Crippen LogP contribution in [0.1, 0.15) is 31.7 Å². The highest BCUT2D eigenvalue weighted by Crippen LogP contribution is 2.33. The molecule has 0 N–H and O–H groups in total. The van der Waals surface area contributed by atoms with Gasteiger partial charge in [-0.3, -0.25) is 9.59 Å². The number of hydrogen-bond acceptors (Lipinski definition) is 4. The molecule has 2 atom stereocenters. The highest BCUT2D eigenvalue weighted by molar-refractivity contribution is 9.10. The van der Waals surface area contributed by atoms with E-state index < -0.39 is 4.32 Å². The molecule has 0 fully saturated rings. The van der Waals surface area contributed by atoms with Crippen molar-refractivity contribution in [1.29, 1.82) is 0 Å². The van der Waals surface area contributed by atoms with Gasteiger partial charge in [0, 0.05) is 12.5 Å². The van der Waals surface area contributed by atoms with Gasteiger partial charge in [-0.15, -0.1) is 0 Å². The minimum Gasteiger partial charge on any atom is -0.463 e. The average Bonchev–Trinajstić information content (AvgIpc) is 2.45. The van der Waals surface area contributed by atoms with Gasteiger partial charge in [-0.1, -0.05) is 46.3 Å². The van der Waals surface area contributed by atoms with Gasteiger partial charge in [0.05, 0.1) is 0 Å². The standard InChI is InChI=1S/C17H24BrNO3/c1-13(20)15(14-8-6-5-7-9-14)12-17(2,18)16(21)22-11-10-19(3)4/h5-9,15H,10-12H2,1-4H3. The molecule has 1 rings (SSSR count). The third-order valence-electron chi connectivity index (χ3n) is 3.48. The fourth-order valence-corrected chi connectivity index (χ4v) is 2.56. The van der Waals surface area contributed by atoms with E-state index in [2.05, 4.69) is 15.9 Å². The van der Waals surface area contributed by atoms with Gasteiger partial charge in [0.25, 0.3) is 0 Å². The second-order valence-corrected chi connectivity index (χ2v) is 7.66. The van der Waals surface area contributed by atoms with E-state index in [9.17, 15) is 9.59 Å². The Balaban J connectivity index is 2.74. The lowest BCUT2D eigenvalue weighted by Gasteiger charge is -2.25. The van der Waals surface area contributed by atoms with E-state index >= 15 is 0 Å². The van der Waals surface area contributed by atoms with Gasteiger partial charge in [-0.2, -0.15) is 0 Å². The molecule has 0 aromatic heterocycles. The first-order valence-electron chi connectivity index (χ1n) is 7.30. The normalized spacial score (nSPS) is 15.2. The summed E-state index contributed by atoms with van der Waals surface area (Å²) in [5, 5.41) is 0. The molecular weight excluding hydrogens is 346 g/mol. The van der Waals surface area contributed by atoms with Crippen LogP contribution < -0.4 is 0 Å². The number of ether oxygens (including phenoxy) is 1. The number of hydrogen-bond donors (Lipinski definition) is 0. The maximum Gasteiger partial charge on any atom is 0.322 e. The predicted octanol–water partition coefficient (Wildman–Crippen LogP) is 3.01. The van der Waals surface area contributed by atoms with Crippen molar-refractivity contribution < 1.29 is 14.3 Å². The predicted molar refractivity (Wildman–Crippen MR) is 91.3 cm³/mol. The Morgan fingerprint density at radius 3 is 2.36 bits per heavy atom. The Labute approximate surface area is 141 Å². The van der Waals surface area contributed by atoms with Crippen LogP contribution in [-0.2, 0) is 14.3 Å². The van der Waals surface area contributed by atoms with Gasteiger partial charge in [0.15, 0.2) is 0 Å². The molecule has 1 aromatic rings. The zero-order chi connectivity index (χ0) is 16.8. The van der Waals surface area contributed by atoms with Gasteiger partial charge < -0.3 is 9.64 Å². The molecule has 0 radical (unpaired) electrons. The quantitative estimate of drug-likeness (QED) is 0.521. The zero-order valence-corrected chi connectivity index (χ0v) is 15.2. The van der Waals surface area contributed by atoms with Gasteiger partial charge in [0.1, 0.15) is 16.7 Å². The van der Waals surface area contributed by atoms with Crippen molar-refractivity contribution in [2.24, 2.45) is 0 Å². The summed E-state index contributed by atoms with van der Waals surface area (Å²) < 4.78 is 4.41. The molecule has 4 nitrogen and oxygen atoms in total. The van der Waals surface area contributed by atoms with Gasteiger partial charge in [-0.05, 0) is 39.9 Å². The summed E-state index contributed by atoms with van der Waals surface area (Å²) in [6, 6.07) is 9.51. The minimum atomic E-state index is -0.883. The van der Waals surface area contributed by atoms with E-state index in [1.807, 2.05) is 49.3 Å². The molecule has 122 valence electrons. The SMILES string of the molecule is CC(=O)C(CC(C)(Br)C(=O)OCCN(C)C)c1ccccc1. The smallest absolute Gasteiger partial charge is 0.322 e. The van der Waals surface area contributed by atoms with E-state index in [4.69, 9.17) is 4.74 Å². The monoisotopic (exact) mass is 369 g/mol. The summed E-state index contributed by atoms with van der Waals surface area (Å²) in [6.45, 7) is 4.31. The Morgan fingerprint density at radius 2 is 1.86 bits per heavy atom. The fourth-order valence-electron chi connectivity index (χ4n) is 2.12. The first-order chi connectivity index (χ1) is 10.2. The van der Waals surface area contributed by atoms with E-state index in [1.165, 1.54) is 0 Å². The summed E-state index contributed by atoms with van der Waals surface area (Å²) in [5.41, 5.74) is 0.918. The van der Waals surface area contributed by atoms with Crippen LogP contribution in [0.15, 0.2) is 30.3 Å². The molecule has 22 heavy (non-hydrogen) atoms. The number of ketones is 1. The molecular formula is C17H24BrNO3. The molecule has 0 saturated heterocycles. The third kappa shape index (κ3) is 5.89. The molecule has 0 amide bonds. The van der Waals surface area contributed by atoms with Gasteiger partial charge in [-0.25, -0.2) is 0 Å². The van der Waals surface area contributed by atoms with Crippen molar-refractivity contribution in [2.45, 2.75) is 30.5 Å². The van der Waals surface area contributed by atoms with E-state index in [-0.39, 0.29) is 17.7 Å². The van der Waals surface area contributed by atoms with Crippen LogP contribution in [0.5, 0.6) is 0 Å². The van der Waals surface area contributed by atoms with Crippen LogP contribution in [0.2, 0.25) is 0 Å². The molecule has 0 aliphatic carbocycles. The van der Waals surface area contributed by atoms with Crippen molar-refractivity contribution in [1.82, 2.24) is 4.90 Å². The van der Waals surface area contributed by atoms with Gasteiger partial charge >= 0.3 is 5.97 Å². The summed E-state index contributed by atoms with van der Waals surface area (Å²) in [4.78, 5) is 26.2. The topological polar surface area (TPSA) is 46.6 Å². The van der Waals surface area contributed by atoms with Crippen molar-refractivity contribution in [3.63, 3.8) is 0 Å². The molecule has 2 unspecified atom stereocenters. The number of carbonyl (C=O) groups excluding carboxylic acids is 2. The third-order valence-corrected chi connectivity index (χ3v) is 4.12. The molecule has 0 aliphatic rings. The summed E-state index contributed by atoms with van der Waals surface area (Å²) in [6.07, 6.45) is 0.368. The Bertz CT molecular complexity index is 500. The van der Waals surface area contributed by atoms with E-state index in [0.29, 0.717) is 19.6 Å². The Hall–Kier alpha value is -1.20. The lowest BCUT2D eigenvalue weighted by atomic mass is 9.87. The second-order valence-electron chi connectivity index (χ2n) is 5.91. The molecule has 0 aliphatic heterocycles. The first-order valence-corrected chi connectivity index (χ1v) is 8.09. The number of likely N-dealkylation sites (N-methyl/N-ethyl adjacent to an activating group) is 1. The molecule has 0 spiro atoms. The Kier molecular flexibility index (Phi) is 7.23. The molecule has 1 aromatic carbocycles. The number of halogens is 1. The van der Waals surface area contributed by atoms with E-state index in [0.717, 1.165) is 5.56 Å². The summed E-state index contributed by atoms with van der Waals surface area (Å²) in [7, 11) is 3.84. The fraction of sp³-hybridized carbons (Fsp3) is 0.529. The van der Waals surface area contributed by atoms with Crippen molar-refractivity contribution >= 4 is 27.7 Å². The summed E-state index contributed by atoms with van der Waals surface area (Å²) in [5.74, 6) is -0.624. The number of rotatable bonds is 8. The van der Waals surface area contributed by atoms with Crippen LogP contribution in [0, 0.1) is 0 Å². The molecule has 0 heterocycles.